The normalized spacial score (nSPS) is 42.6. The van der Waals surface area contributed by atoms with Crippen LogP contribution in [0.25, 0.3) is 0 Å². The second-order valence-electron chi connectivity index (χ2n) is 4.22. The monoisotopic (exact) mass is 230 g/mol. The third kappa shape index (κ3) is 2.40. The van der Waals surface area contributed by atoms with Crippen LogP contribution in [0.3, 0.4) is 0 Å². The van der Waals surface area contributed by atoms with Crippen molar-refractivity contribution in [3.8, 4) is 0 Å². The highest BCUT2D eigenvalue weighted by Crippen LogP contribution is 2.29. The molecular weight excluding hydrogens is 212 g/mol. The molecule has 0 bridgehead atoms. The van der Waals surface area contributed by atoms with Crippen LogP contribution in [0.5, 0.6) is 0 Å². The van der Waals surface area contributed by atoms with Gasteiger partial charge in [0.1, 0.15) is 0 Å². The first-order valence-electron chi connectivity index (χ1n) is 5.27. The van der Waals surface area contributed by atoms with Crippen molar-refractivity contribution < 1.29 is 0 Å². The number of thioether (sulfide) groups is 2. The Labute approximate surface area is 94.7 Å². The Morgan fingerprint density at radius 1 is 1.36 bits per heavy atom. The average Bonchev–Trinajstić information content (AvgIpc) is 2.62. The molecule has 0 amide bonds. The van der Waals surface area contributed by atoms with Gasteiger partial charge >= 0.3 is 0 Å². The molecule has 80 valence electrons. The van der Waals surface area contributed by atoms with Gasteiger partial charge in [0.05, 0.1) is 6.04 Å². The van der Waals surface area contributed by atoms with E-state index in [1.807, 2.05) is 11.8 Å². The molecular formula is C10H18N2S2. The maximum atomic E-state index is 4.62. The van der Waals surface area contributed by atoms with Gasteiger partial charge in [-0.05, 0) is 13.3 Å². The number of nitrogens with one attached hydrogen (secondary N) is 1. The van der Waals surface area contributed by atoms with Crippen molar-refractivity contribution in [2.45, 2.75) is 49.8 Å². The van der Waals surface area contributed by atoms with Crippen LogP contribution in [0, 0.1) is 0 Å². The van der Waals surface area contributed by atoms with Crippen LogP contribution >= 0.6 is 23.5 Å². The van der Waals surface area contributed by atoms with Gasteiger partial charge in [0, 0.05) is 22.3 Å². The topological polar surface area (TPSA) is 24.4 Å². The van der Waals surface area contributed by atoms with Crippen LogP contribution in [-0.4, -0.2) is 33.5 Å². The third-order valence-corrected chi connectivity index (χ3v) is 5.39. The number of rotatable bonds is 1. The minimum Gasteiger partial charge on any atom is -0.361 e. The van der Waals surface area contributed by atoms with E-state index in [1.165, 1.54) is 17.3 Å². The Bertz CT molecular complexity index is 242. The Morgan fingerprint density at radius 2 is 2.14 bits per heavy atom. The van der Waals surface area contributed by atoms with Gasteiger partial charge in [0.25, 0.3) is 0 Å². The van der Waals surface area contributed by atoms with Gasteiger partial charge in [0.2, 0.25) is 0 Å². The van der Waals surface area contributed by atoms with Crippen LogP contribution < -0.4 is 5.32 Å². The maximum Gasteiger partial charge on any atom is 0.157 e. The van der Waals surface area contributed by atoms with Gasteiger partial charge in [-0.3, -0.25) is 4.99 Å². The second-order valence-corrected chi connectivity index (χ2v) is 7.06. The summed E-state index contributed by atoms with van der Waals surface area (Å²) in [6.45, 7) is 6.75. The summed E-state index contributed by atoms with van der Waals surface area (Å²) in [5.41, 5.74) is 0. The molecule has 2 heterocycles. The lowest BCUT2D eigenvalue weighted by Crippen LogP contribution is -2.32. The summed E-state index contributed by atoms with van der Waals surface area (Å²) in [7, 11) is 0. The predicted molar refractivity (Wildman–Crippen MR) is 67.4 cm³/mol. The first-order valence-corrected chi connectivity index (χ1v) is 7.20. The summed E-state index contributed by atoms with van der Waals surface area (Å²) in [6, 6.07) is 1.13. The van der Waals surface area contributed by atoms with Crippen LogP contribution in [0.2, 0.25) is 0 Å². The Morgan fingerprint density at radius 3 is 2.64 bits per heavy atom. The van der Waals surface area contributed by atoms with Gasteiger partial charge < -0.3 is 5.32 Å². The van der Waals surface area contributed by atoms with E-state index in [2.05, 4.69) is 42.8 Å². The SMILES string of the molecule is CC1CC(NC2=NC(C)C(C)S2)CS1. The molecule has 4 heteroatoms. The molecule has 14 heavy (non-hydrogen) atoms. The quantitative estimate of drug-likeness (QED) is 0.748. The highest BCUT2D eigenvalue weighted by molar-refractivity contribution is 8.14. The average molecular weight is 230 g/mol. The zero-order chi connectivity index (χ0) is 10.1. The molecule has 0 radical (unpaired) electrons. The van der Waals surface area contributed by atoms with Crippen molar-refractivity contribution >= 4 is 28.7 Å². The van der Waals surface area contributed by atoms with E-state index in [0.717, 1.165) is 5.25 Å². The lowest BCUT2D eigenvalue weighted by atomic mass is 10.2. The molecule has 1 fully saturated rings. The third-order valence-electron chi connectivity index (χ3n) is 2.82. The summed E-state index contributed by atoms with van der Waals surface area (Å²) in [5.74, 6) is 1.24. The Kier molecular flexibility index (Phi) is 3.32. The molecule has 2 aliphatic rings. The predicted octanol–water partition coefficient (Wildman–Crippen LogP) is 2.35. The van der Waals surface area contributed by atoms with E-state index < -0.39 is 0 Å². The molecule has 4 atom stereocenters. The van der Waals surface area contributed by atoms with E-state index in [1.54, 1.807) is 0 Å². The van der Waals surface area contributed by atoms with Crippen molar-refractivity contribution in [1.29, 1.82) is 0 Å². The summed E-state index contributed by atoms with van der Waals surface area (Å²) in [6.07, 6.45) is 1.28. The van der Waals surface area contributed by atoms with Gasteiger partial charge in [-0.25, -0.2) is 0 Å². The van der Waals surface area contributed by atoms with Crippen LogP contribution in [0.1, 0.15) is 27.2 Å². The van der Waals surface area contributed by atoms with Crippen molar-refractivity contribution in [1.82, 2.24) is 5.32 Å². The number of aliphatic imine (C=N–C) groups is 1. The summed E-state index contributed by atoms with van der Waals surface area (Å²) in [4.78, 5) is 4.62. The molecule has 0 spiro atoms. The van der Waals surface area contributed by atoms with Crippen LogP contribution in [0.15, 0.2) is 4.99 Å². The van der Waals surface area contributed by atoms with E-state index in [9.17, 15) is 0 Å². The maximum absolute atomic E-state index is 4.62. The molecule has 2 rings (SSSR count). The van der Waals surface area contributed by atoms with Crippen LogP contribution in [0.4, 0.5) is 0 Å². The smallest absolute Gasteiger partial charge is 0.157 e. The fourth-order valence-electron chi connectivity index (χ4n) is 1.76. The highest BCUT2D eigenvalue weighted by atomic mass is 32.2. The van der Waals surface area contributed by atoms with Crippen molar-refractivity contribution in [2.75, 3.05) is 5.75 Å². The molecule has 0 aromatic carbocycles. The van der Waals surface area contributed by atoms with Crippen LogP contribution in [-0.2, 0) is 0 Å². The molecule has 2 nitrogen and oxygen atoms in total. The lowest BCUT2D eigenvalue weighted by molar-refractivity contribution is 0.642. The zero-order valence-electron chi connectivity index (χ0n) is 8.99. The largest absolute Gasteiger partial charge is 0.361 e. The van der Waals surface area contributed by atoms with E-state index in [0.29, 0.717) is 17.3 Å². The molecule has 0 aromatic heterocycles. The van der Waals surface area contributed by atoms with Crippen molar-refractivity contribution in [2.24, 2.45) is 4.99 Å². The number of amidine groups is 1. The molecule has 1 N–H and O–H groups in total. The molecule has 4 unspecified atom stereocenters. The first kappa shape index (κ1) is 10.7. The van der Waals surface area contributed by atoms with Crippen molar-refractivity contribution in [3.63, 3.8) is 0 Å². The molecule has 2 aliphatic heterocycles. The standard InChI is InChI=1S/C10H18N2S2/c1-6-4-9(5-13-6)12-10-11-7(2)8(3)14-10/h6-9H,4-5H2,1-3H3,(H,11,12). The van der Waals surface area contributed by atoms with E-state index in [-0.39, 0.29) is 0 Å². The Balaban J connectivity index is 1.84. The number of nitrogens with zero attached hydrogens (tertiary/aromatic N) is 1. The Hall–Kier alpha value is 0.170. The zero-order valence-corrected chi connectivity index (χ0v) is 10.6. The minimum absolute atomic E-state index is 0.481. The van der Waals surface area contributed by atoms with Crippen molar-refractivity contribution in [3.05, 3.63) is 0 Å². The highest BCUT2D eigenvalue weighted by Gasteiger charge is 2.27. The summed E-state index contributed by atoms with van der Waals surface area (Å²) in [5, 5.41) is 6.19. The lowest BCUT2D eigenvalue weighted by Gasteiger charge is -2.12. The first-order chi connectivity index (χ1) is 6.65. The van der Waals surface area contributed by atoms with Gasteiger partial charge in [0.15, 0.2) is 5.17 Å². The fourth-order valence-corrected chi connectivity index (χ4v) is 3.98. The summed E-state index contributed by atoms with van der Waals surface area (Å²) < 4.78 is 0. The van der Waals surface area contributed by atoms with E-state index in [4.69, 9.17) is 0 Å². The van der Waals surface area contributed by atoms with Gasteiger partial charge in [-0.1, -0.05) is 25.6 Å². The minimum atomic E-state index is 0.481. The van der Waals surface area contributed by atoms with Gasteiger partial charge in [-0.15, -0.1) is 0 Å². The molecule has 0 saturated carbocycles. The van der Waals surface area contributed by atoms with Gasteiger partial charge in [-0.2, -0.15) is 11.8 Å². The molecule has 0 aliphatic carbocycles. The second kappa shape index (κ2) is 4.35. The molecule has 0 aromatic rings. The van der Waals surface area contributed by atoms with E-state index >= 15 is 0 Å². The fraction of sp³-hybridized carbons (Fsp3) is 0.900. The number of hydrogen-bond donors (Lipinski definition) is 1. The summed E-state index contributed by atoms with van der Waals surface area (Å²) >= 11 is 3.95. The number of hydrogen-bond acceptors (Lipinski definition) is 4. The molecule has 1 saturated heterocycles.